The van der Waals surface area contributed by atoms with E-state index in [1.807, 2.05) is 17.5 Å². The van der Waals surface area contributed by atoms with Crippen molar-refractivity contribution in [1.29, 1.82) is 0 Å². The highest BCUT2D eigenvalue weighted by Gasteiger charge is 2.23. The molecule has 3 unspecified atom stereocenters. The van der Waals surface area contributed by atoms with Crippen molar-refractivity contribution in [3.8, 4) is 0 Å². The molecule has 5 heteroatoms. The van der Waals surface area contributed by atoms with Gasteiger partial charge in [-0.2, -0.15) is 0 Å². The molecule has 3 atom stereocenters. The minimum absolute atomic E-state index is 0.132. The van der Waals surface area contributed by atoms with Gasteiger partial charge in [-0.25, -0.2) is 0 Å². The molecule has 1 aromatic rings. The molecule has 108 valence electrons. The number of hydrogen-bond acceptors (Lipinski definition) is 5. The van der Waals surface area contributed by atoms with Gasteiger partial charge >= 0.3 is 5.97 Å². The van der Waals surface area contributed by atoms with Crippen molar-refractivity contribution in [1.82, 2.24) is 5.32 Å². The lowest BCUT2D eigenvalue weighted by Crippen LogP contribution is -2.40. The summed E-state index contributed by atoms with van der Waals surface area (Å²) in [5.74, 6) is -0.241. The van der Waals surface area contributed by atoms with Gasteiger partial charge in [0.2, 0.25) is 0 Å². The van der Waals surface area contributed by atoms with Gasteiger partial charge in [-0.1, -0.05) is 13.0 Å². The zero-order valence-corrected chi connectivity index (χ0v) is 12.6. The number of methoxy groups -OCH3 is 1. The largest absolute Gasteiger partial charge is 0.469 e. The van der Waals surface area contributed by atoms with Crippen LogP contribution in [0.4, 0.5) is 0 Å². The van der Waals surface area contributed by atoms with Crippen molar-refractivity contribution in [2.24, 2.45) is 0 Å². The molecular weight excluding hydrogens is 262 g/mol. The fourth-order valence-electron chi connectivity index (χ4n) is 1.85. The summed E-state index contributed by atoms with van der Waals surface area (Å²) in [4.78, 5) is 12.2. The Morgan fingerprint density at radius 1 is 1.58 bits per heavy atom. The molecule has 0 saturated heterocycles. The Kier molecular flexibility index (Phi) is 7.05. The van der Waals surface area contributed by atoms with Crippen LogP contribution in [0.3, 0.4) is 0 Å². The predicted octanol–water partition coefficient (Wildman–Crippen LogP) is 2.49. The van der Waals surface area contributed by atoms with Gasteiger partial charge in [0.25, 0.3) is 0 Å². The van der Waals surface area contributed by atoms with Crippen molar-refractivity contribution in [3.05, 3.63) is 22.4 Å². The van der Waals surface area contributed by atoms with Gasteiger partial charge in [-0.3, -0.25) is 4.79 Å². The maximum absolute atomic E-state index is 11.3. The van der Waals surface area contributed by atoms with Gasteiger partial charge in [0.05, 0.1) is 7.11 Å². The van der Waals surface area contributed by atoms with Crippen LogP contribution in [-0.4, -0.2) is 30.3 Å². The molecule has 0 fully saturated rings. The highest BCUT2D eigenvalue weighted by molar-refractivity contribution is 7.10. The first-order valence-electron chi connectivity index (χ1n) is 6.62. The maximum Gasteiger partial charge on any atom is 0.305 e. The zero-order chi connectivity index (χ0) is 14.3. The van der Waals surface area contributed by atoms with E-state index in [-0.39, 0.29) is 12.0 Å². The normalized spacial score (nSPS) is 15.8. The molecular formula is C14H23NO3S. The molecule has 0 aromatic carbocycles. The van der Waals surface area contributed by atoms with Crippen LogP contribution < -0.4 is 5.32 Å². The van der Waals surface area contributed by atoms with Crippen molar-refractivity contribution in [2.45, 2.75) is 51.3 Å². The molecule has 0 radical (unpaired) electrons. The monoisotopic (exact) mass is 285 g/mol. The number of ether oxygens (including phenoxy) is 1. The van der Waals surface area contributed by atoms with E-state index in [2.05, 4.69) is 23.9 Å². The van der Waals surface area contributed by atoms with Crippen molar-refractivity contribution in [3.63, 3.8) is 0 Å². The van der Waals surface area contributed by atoms with E-state index in [0.717, 1.165) is 11.3 Å². The molecule has 0 aliphatic heterocycles. The Balaban J connectivity index is 2.65. The van der Waals surface area contributed by atoms with E-state index in [1.54, 1.807) is 0 Å². The smallest absolute Gasteiger partial charge is 0.305 e. The number of aliphatic hydroxyl groups excluding tert-OH is 1. The fourth-order valence-corrected chi connectivity index (χ4v) is 2.62. The number of aliphatic hydroxyl groups is 1. The summed E-state index contributed by atoms with van der Waals surface area (Å²) in [5.41, 5.74) is 0. The predicted molar refractivity (Wildman–Crippen MR) is 77.2 cm³/mol. The third-order valence-corrected chi connectivity index (χ3v) is 4.16. The van der Waals surface area contributed by atoms with E-state index < -0.39 is 6.10 Å². The lowest BCUT2D eigenvalue weighted by molar-refractivity contribution is -0.141. The van der Waals surface area contributed by atoms with E-state index in [9.17, 15) is 9.90 Å². The molecule has 0 aliphatic rings. The second kappa shape index (κ2) is 8.30. The maximum atomic E-state index is 11.3. The van der Waals surface area contributed by atoms with Crippen LogP contribution in [0.5, 0.6) is 0 Å². The lowest BCUT2D eigenvalue weighted by Gasteiger charge is -2.26. The van der Waals surface area contributed by atoms with Crippen LogP contribution in [-0.2, 0) is 9.53 Å². The van der Waals surface area contributed by atoms with Gasteiger partial charge in [-0.05, 0) is 31.2 Å². The van der Waals surface area contributed by atoms with Crippen LogP contribution in [0.25, 0.3) is 0 Å². The lowest BCUT2D eigenvalue weighted by atomic mass is 10.0. The highest BCUT2D eigenvalue weighted by Crippen LogP contribution is 2.24. The summed E-state index contributed by atoms with van der Waals surface area (Å²) >= 11 is 1.53. The summed E-state index contributed by atoms with van der Waals surface area (Å²) in [6, 6.07) is 4.01. The topological polar surface area (TPSA) is 58.6 Å². The molecule has 0 amide bonds. The average Bonchev–Trinajstić information content (AvgIpc) is 2.95. The second-order valence-corrected chi connectivity index (χ2v) is 5.64. The number of rotatable bonds is 8. The number of carbonyl (C=O) groups is 1. The SMILES string of the molecule is CCC(C)NC(CCC(=O)OC)C(O)c1cccs1. The van der Waals surface area contributed by atoms with Crippen molar-refractivity contribution in [2.75, 3.05) is 7.11 Å². The molecule has 0 saturated carbocycles. The molecule has 0 spiro atoms. The minimum Gasteiger partial charge on any atom is -0.469 e. The number of esters is 1. The summed E-state index contributed by atoms with van der Waals surface area (Å²) in [6.07, 6.45) is 1.27. The van der Waals surface area contributed by atoms with Crippen LogP contribution in [0, 0.1) is 0 Å². The first-order valence-corrected chi connectivity index (χ1v) is 7.50. The van der Waals surface area contributed by atoms with Crippen molar-refractivity contribution < 1.29 is 14.6 Å². The summed E-state index contributed by atoms with van der Waals surface area (Å²) in [6.45, 7) is 4.17. The third kappa shape index (κ3) is 5.30. The highest BCUT2D eigenvalue weighted by atomic mass is 32.1. The van der Waals surface area contributed by atoms with E-state index in [0.29, 0.717) is 18.9 Å². The third-order valence-electron chi connectivity index (χ3n) is 3.21. The Labute approximate surface area is 118 Å². The molecule has 1 aromatic heterocycles. The number of hydrogen-bond donors (Lipinski definition) is 2. The van der Waals surface area contributed by atoms with E-state index in [4.69, 9.17) is 0 Å². The number of nitrogens with one attached hydrogen (secondary N) is 1. The summed E-state index contributed by atoms with van der Waals surface area (Å²) < 4.78 is 4.66. The Morgan fingerprint density at radius 3 is 2.84 bits per heavy atom. The van der Waals surface area contributed by atoms with Crippen molar-refractivity contribution >= 4 is 17.3 Å². The average molecular weight is 285 g/mol. The van der Waals surface area contributed by atoms with Crippen LogP contribution in [0.2, 0.25) is 0 Å². The molecule has 19 heavy (non-hydrogen) atoms. The second-order valence-electron chi connectivity index (χ2n) is 4.66. The molecule has 0 bridgehead atoms. The quantitative estimate of drug-likeness (QED) is 0.721. The molecule has 0 aliphatic carbocycles. The van der Waals surface area contributed by atoms with Gasteiger partial charge in [0.15, 0.2) is 0 Å². The Morgan fingerprint density at radius 2 is 2.32 bits per heavy atom. The first kappa shape index (κ1) is 16.1. The standard InChI is InChI=1S/C14H23NO3S/c1-4-10(2)15-11(7-8-13(16)18-3)14(17)12-6-5-9-19-12/h5-6,9-11,14-15,17H,4,7-8H2,1-3H3. The number of thiophene rings is 1. The molecule has 4 nitrogen and oxygen atoms in total. The van der Waals surface area contributed by atoms with Gasteiger partial charge < -0.3 is 15.2 Å². The van der Waals surface area contributed by atoms with Gasteiger partial charge in [0, 0.05) is 23.4 Å². The Bertz CT molecular complexity index is 367. The molecule has 1 rings (SSSR count). The van der Waals surface area contributed by atoms with E-state index in [1.165, 1.54) is 18.4 Å². The van der Waals surface area contributed by atoms with Gasteiger partial charge in [0.1, 0.15) is 6.10 Å². The Hall–Kier alpha value is -0.910. The van der Waals surface area contributed by atoms with Gasteiger partial charge in [-0.15, -0.1) is 11.3 Å². The zero-order valence-electron chi connectivity index (χ0n) is 11.8. The van der Waals surface area contributed by atoms with Crippen LogP contribution >= 0.6 is 11.3 Å². The minimum atomic E-state index is -0.585. The van der Waals surface area contributed by atoms with E-state index >= 15 is 0 Å². The summed E-state index contributed by atoms with van der Waals surface area (Å²) in [5, 5.41) is 15.7. The first-order chi connectivity index (χ1) is 9.08. The molecule has 2 N–H and O–H groups in total. The molecule has 1 heterocycles. The number of carbonyl (C=O) groups excluding carboxylic acids is 1. The summed E-state index contributed by atoms with van der Waals surface area (Å²) in [7, 11) is 1.38. The van der Waals surface area contributed by atoms with Crippen LogP contribution in [0.15, 0.2) is 17.5 Å². The fraction of sp³-hybridized carbons (Fsp3) is 0.643. The van der Waals surface area contributed by atoms with Crippen LogP contribution in [0.1, 0.15) is 44.1 Å².